The van der Waals surface area contributed by atoms with Crippen LogP contribution in [-0.4, -0.2) is 34.7 Å². The molecule has 0 spiro atoms. The quantitative estimate of drug-likeness (QED) is 0.492. The molecule has 3 aromatic rings. The van der Waals surface area contributed by atoms with Gasteiger partial charge in [0.1, 0.15) is 5.75 Å². The van der Waals surface area contributed by atoms with Gasteiger partial charge in [-0.15, -0.1) is 0 Å². The molecule has 2 amide bonds. The lowest BCUT2D eigenvalue weighted by Crippen LogP contribution is -2.41. The third kappa shape index (κ3) is 4.29. The van der Waals surface area contributed by atoms with Crippen LogP contribution in [0.1, 0.15) is 20.7 Å². The van der Waals surface area contributed by atoms with Gasteiger partial charge >= 0.3 is 0 Å². The summed E-state index contributed by atoms with van der Waals surface area (Å²) in [5.74, 6) is -0.655. The molecule has 7 nitrogen and oxygen atoms in total. The van der Waals surface area contributed by atoms with Crippen molar-refractivity contribution in [1.82, 2.24) is 20.4 Å². The molecule has 9 heteroatoms. The SMILES string of the molecule is COc1cc(Cl)ccc1C(=O)NNC(=O)c1cccc(-n2ccnc2SC)c1. The molecule has 0 aliphatic heterocycles. The third-order valence-corrected chi connectivity index (χ3v) is 4.78. The summed E-state index contributed by atoms with van der Waals surface area (Å²) in [5.41, 5.74) is 6.23. The predicted octanol–water partition coefficient (Wildman–Crippen LogP) is 3.33. The maximum Gasteiger partial charge on any atom is 0.273 e. The van der Waals surface area contributed by atoms with Gasteiger partial charge in [0.2, 0.25) is 0 Å². The minimum atomic E-state index is -0.516. The molecule has 0 aliphatic carbocycles. The monoisotopic (exact) mass is 416 g/mol. The number of nitrogens with one attached hydrogen (secondary N) is 2. The summed E-state index contributed by atoms with van der Waals surface area (Å²) in [6, 6.07) is 11.6. The summed E-state index contributed by atoms with van der Waals surface area (Å²) >= 11 is 7.40. The molecule has 0 aliphatic rings. The molecule has 0 radical (unpaired) electrons. The molecule has 0 bridgehead atoms. The molecule has 0 fully saturated rings. The topological polar surface area (TPSA) is 85.3 Å². The number of amides is 2. The molecule has 2 N–H and O–H groups in total. The minimum Gasteiger partial charge on any atom is -0.496 e. The van der Waals surface area contributed by atoms with Crippen molar-refractivity contribution in [3.63, 3.8) is 0 Å². The second-order valence-corrected chi connectivity index (χ2v) is 6.80. The Hall–Kier alpha value is -2.97. The van der Waals surface area contributed by atoms with Crippen LogP contribution in [0, 0.1) is 0 Å². The van der Waals surface area contributed by atoms with E-state index in [2.05, 4.69) is 15.8 Å². The number of ether oxygens (including phenoxy) is 1. The second kappa shape index (κ2) is 8.81. The van der Waals surface area contributed by atoms with E-state index in [-0.39, 0.29) is 5.56 Å². The lowest BCUT2D eigenvalue weighted by atomic mass is 10.2. The van der Waals surface area contributed by atoms with Crippen LogP contribution in [0.25, 0.3) is 5.69 Å². The van der Waals surface area contributed by atoms with E-state index >= 15 is 0 Å². The van der Waals surface area contributed by atoms with Crippen LogP contribution in [0.4, 0.5) is 0 Å². The second-order valence-electron chi connectivity index (χ2n) is 5.59. The standard InChI is InChI=1S/C19H17ClN4O3S/c1-27-16-11-13(20)6-7-15(16)18(26)23-22-17(25)12-4-3-5-14(10-12)24-9-8-21-19(24)28-2/h3-11H,1-2H3,(H,22,25)(H,23,26). The number of hydrogen-bond donors (Lipinski definition) is 2. The molecule has 0 saturated carbocycles. The normalized spacial score (nSPS) is 10.4. The van der Waals surface area contributed by atoms with E-state index in [1.54, 1.807) is 30.5 Å². The molecule has 0 unspecified atom stereocenters. The highest BCUT2D eigenvalue weighted by atomic mass is 35.5. The summed E-state index contributed by atoms with van der Waals surface area (Å²) in [5, 5.41) is 1.25. The summed E-state index contributed by atoms with van der Waals surface area (Å²) in [4.78, 5) is 29.0. The van der Waals surface area contributed by atoms with Crippen molar-refractivity contribution in [2.45, 2.75) is 5.16 Å². The Morgan fingerprint density at radius 3 is 2.68 bits per heavy atom. The van der Waals surface area contributed by atoms with Gasteiger partial charge in [-0.05, 0) is 42.7 Å². The molecule has 3 rings (SSSR count). The smallest absolute Gasteiger partial charge is 0.273 e. The lowest BCUT2D eigenvalue weighted by molar-refractivity contribution is 0.0845. The van der Waals surface area contributed by atoms with Gasteiger partial charge < -0.3 is 4.74 Å². The van der Waals surface area contributed by atoms with Crippen molar-refractivity contribution in [2.24, 2.45) is 0 Å². The molecule has 1 aromatic heterocycles. The Bertz CT molecular complexity index is 1020. The Balaban J connectivity index is 1.72. The zero-order valence-electron chi connectivity index (χ0n) is 15.1. The number of carbonyl (C=O) groups excluding carboxylic acids is 2. The van der Waals surface area contributed by atoms with Crippen LogP contribution in [0.3, 0.4) is 0 Å². The van der Waals surface area contributed by atoms with E-state index in [1.165, 1.54) is 31.0 Å². The van der Waals surface area contributed by atoms with E-state index in [0.717, 1.165) is 10.8 Å². The molecular formula is C19H17ClN4O3S. The van der Waals surface area contributed by atoms with E-state index in [0.29, 0.717) is 16.3 Å². The molecule has 1 heterocycles. The van der Waals surface area contributed by atoms with Crippen molar-refractivity contribution in [3.05, 3.63) is 71.0 Å². The van der Waals surface area contributed by atoms with Crippen LogP contribution in [0.15, 0.2) is 60.0 Å². The Kier molecular flexibility index (Phi) is 6.23. The number of benzene rings is 2. The first-order chi connectivity index (χ1) is 13.5. The van der Waals surface area contributed by atoms with Crippen LogP contribution in [0.5, 0.6) is 5.75 Å². The van der Waals surface area contributed by atoms with Crippen molar-refractivity contribution in [2.75, 3.05) is 13.4 Å². The fourth-order valence-electron chi connectivity index (χ4n) is 2.54. The van der Waals surface area contributed by atoms with Gasteiger partial charge in [-0.1, -0.05) is 29.4 Å². The molecule has 0 atom stereocenters. The molecule has 2 aromatic carbocycles. The molecule has 28 heavy (non-hydrogen) atoms. The summed E-state index contributed by atoms with van der Waals surface area (Å²) in [6.45, 7) is 0. The number of halogens is 1. The number of aromatic nitrogens is 2. The number of hydrazine groups is 1. The Labute approximate surface area is 171 Å². The number of carbonyl (C=O) groups is 2. The zero-order valence-corrected chi connectivity index (χ0v) is 16.7. The maximum atomic E-state index is 12.5. The maximum absolute atomic E-state index is 12.5. The number of thioether (sulfide) groups is 1. The molecule has 0 saturated heterocycles. The number of imidazole rings is 1. The van der Waals surface area contributed by atoms with Gasteiger partial charge in [0.15, 0.2) is 5.16 Å². The number of hydrogen-bond acceptors (Lipinski definition) is 5. The number of nitrogens with zero attached hydrogens (tertiary/aromatic N) is 2. The van der Waals surface area contributed by atoms with Crippen molar-refractivity contribution >= 4 is 35.2 Å². The van der Waals surface area contributed by atoms with E-state index < -0.39 is 11.8 Å². The summed E-state index contributed by atoms with van der Waals surface area (Å²) < 4.78 is 7.02. The van der Waals surface area contributed by atoms with Gasteiger partial charge in [0.25, 0.3) is 11.8 Å². The highest BCUT2D eigenvalue weighted by molar-refractivity contribution is 7.98. The molecule has 144 valence electrons. The Morgan fingerprint density at radius 2 is 1.93 bits per heavy atom. The number of methoxy groups -OCH3 is 1. The van der Waals surface area contributed by atoms with Gasteiger partial charge in [-0.3, -0.25) is 25.0 Å². The van der Waals surface area contributed by atoms with Crippen LogP contribution in [-0.2, 0) is 0 Å². The zero-order chi connectivity index (χ0) is 20.1. The third-order valence-electron chi connectivity index (χ3n) is 3.87. The van der Waals surface area contributed by atoms with E-state index in [4.69, 9.17) is 16.3 Å². The van der Waals surface area contributed by atoms with Gasteiger partial charge in [-0.25, -0.2) is 4.98 Å². The fraction of sp³-hybridized carbons (Fsp3) is 0.105. The number of rotatable bonds is 5. The summed E-state index contributed by atoms with van der Waals surface area (Å²) in [6.07, 6.45) is 5.44. The first-order valence-corrected chi connectivity index (χ1v) is 9.75. The van der Waals surface area contributed by atoms with Gasteiger partial charge in [-0.2, -0.15) is 0 Å². The lowest BCUT2D eigenvalue weighted by Gasteiger charge is -2.11. The van der Waals surface area contributed by atoms with Gasteiger partial charge in [0.05, 0.1) is 12.7 Å². The van der Waals surface area contributed by atoms with Crippen molar-refractivity contribution < 1.29 is 14.3 Å². The minimum absolute atomic E-state index is 0.254. The average Bonchev–Trinajstić information content (AvgIpc) is 3.20. The van der Waals surface area contributed by atoms with Gasteiger partial charge in [0, 0.05) is 28.7 Å². The van der Waals surface area contributed by atoms with Crippen LogP contribution >= 0.6 is 23.4 Å². The average molecular weight is 417 g/mol. The molecular weight excluding hydrogens is 400 g/mol. The fourth-order valence-corrected chi connectivity index (χ4v) is 3.23. The highest BCUT2D eigenvalue weighted by Gasteiger charge is 2.15. The van der Waals surface area contributed by atoms with Crippen LogP contribution in [0.2, 0.25) is 5.02 Å². The van der Waals surface area contributed by atoms with E-state index in [9.17, 15) is 9.59 Å². The van der Waals surface area contributed by atoms with Crippen LogP contribution < -0.4 is 15.6 Å². The first-order valence-electron chi connectivity index (χ1n) is 8.15. The van der Waals surface area contributed by atoms with E-state index in [1.807, 2.05) is 23.1 Å². The van der Waals surface area contributed by atoms with Crippen molar-refractivity contribution in [3.8, 4) is 11.4 Å². The largest absolute Gasteiger partial charge is 0.496 e. The van der Waals surface area contributed by atoms with Crippen molar-refractivity contribution in [1.29, 1.82) is 0 Å². The first kappa shape index (κ1) is 19.8. The Morgan fingerprint density at radius 1 is 1.14 bits per heavy atom. The summed E-state index contributed by atoms with van der Waals surface area (Å²) in [7, 11) is 1.44. The highest BCUT2D eigenvalue weighted by Crippen LogP contribution is 2.23. The predicted molar refractivity (Wildman–Crippen MR) is 108 cm³/mol.